The van der Waals surface area contributed by atoms with Crippen molar-refractivity contribution in [3.05, 3.63) is 87.5 Å². The van der Waals surface area contributed by atoms with Gasteiger partial charge in [-0.15, -0.1) is 0 Å². The highest BCUT2D eigenvalue weighted by atomic mass is 19.4. The summed E-state index contributed by atoms with van der Waals surface area (Å²) in [6, 6.07) is 8.70. The number of benzene rings is 2. The molecule has 1 unspecified atom stereocenters. The van der Waals surface area contributed by atoms with E-state index >= 15 is 0 Å². The van der Waals surface area contributed by atoms with Gasteiger partial charge in [-0.3, -0.25) is 4.79 Å². The fourth-order valence-electron chi connectivity index (χ4n) is 3.42. The van der Waals surface area contributed by atoms with E-state index in [-0.39, 0.29) is 23.5 Å². The topological polar surface area (TPSA) is 47.2 Å². The first-order chi connectivity index (χ1) is 14.1. The molecule has 1 aromatic heterocycles. The fourth-order valence-corrected chi connectivity index (χ4v) is 3.42. The Morgan fingerprint density at radius 1 is 1.03 bits per heavy atom. The number of nitrogens with zero attached hydrogens (tertiary/aromatic N) is 3. The smallest absolute Gasteiger partial charge is 0.267 e. The summed E-state index contributed by atoms with van der Waals surface area (Å²) >= 11 is 0. The molecule has 1 aliphatic rings. The molecule has 9 heteroatoms. The van der Waals surface area contributed by atoms with Gasteiger partial charge in [-0.25, -0.2) is 13.8 Å². The van der Waals surface area contributed by atoms with Gasteiger partial charge in [0, 0.05) is 35.7 Å². The van der Waals surface area contributed by atoms with Crippen molar-refractivity contribution in [3.63, 3.8) is 0 Å². The molecule has 0 saturated heterocycles. The van der Waals surface area contributed by atoms with Crippen LogP contribution in [-0.4, -0.2) is 15.4 Å². The first-order valence-electron chi connectivity index (χ1n) is 8.94. The lowest BCUT2D eigenvalue weighted by atomic mass is 9.90. The summed E-state index contributed by atoms with van der Waals surface area (Å²) in [5.41, 5.74) is -0.120. The van der Waals surface area contributed by atoms with Crippen molar-refractivity contribution >= 4 is 5.71 Å². The summed E-state index contributed by atoms with van der Waals surface area (Å²) in [4.78, 5) is 16.9. The van der Waals surface area contributed by atoms with Crippen molar-refractivity contribution in [2.45, 2.75) is 25.4 Å². The van der Waals surface area contributed by atoms with Crippen molar-refractivity contribution < 1.29 is 22.0 Å². The van der Waals surface area contributed by atoms with Gasteiger partial charge in [0.25, 0.3) is 5.56 Å². The van der Waals surface area contributed by atoms with Crippen LogP contribution >= 0.6 is 0 Å². The lowest BCUT2D eigenvalue weighted by molar-refractivity contribution is -0.137. The molecule has 0 radical (unpaired) electrons. The molecular weight excluding hydrogens is 405 g/mol. The van der Waals surface area contributed by atoms with Crippen molar-refractivity contribution in [1.29, 1.82) is 0 Å². The van der Waals surface area contributed by atoms with Crippen LogP contribution in [0.25, 0.3) is 11.3 Å². The van der Waals surface area contributed by atoms with Gasteiger partial charge in [0.1, 0.15) is 17.5 Å². The third kappa shape index (κ3) is 3.62. The molecule has 4 nitrogen and oxygen atoms in total. The highest BCUT2D eigenvalue weighted by Gasteiger charge is 2.30. The highest BCUT2D eigenvalue weighted by Crippen LogP contribution is 2.31. The Balaban J connectivity index is 1.74. The zero-order valence-corrected chi connectivity index (χ0v) is 15.5. The third-order valence-electron chi connectivity index (χ3n) is 4.96. The molecule has 0 bridgehead atoms. The van der Waals surface area contributed by atoms with E-state index in [1.165, 1.54) is 24.3 Å². The maximum atomic E-state index is 14.3. The van der Waals surface area contributed by atoms with E-state index in [4.69, 9.17) is 0 Å². The Kier molecular flexibility index (Phi) is 4.76. The quantitative estimate of drug-likeness (QED) is 0.562. The zero-order valence-electron chi connectivity index (χ0n) is 15.5. The standard InChI is InChI=1S/C21H14F5N3O/c1-11-16(15-7-6-14(22)8-17(15)23)9-19-27-18(10-20(30)29(19)28-11)12-2-4-13(5-3-12)21(24,25)26/h2-8,10,16H,9H2,1H3. The van der Waals surface area contributed by atoms with Crippen molar-refractivity contribution in [2.24, 2.45) is 5.10 Å². The lowest BCUT2D eigenvalue weighted by Gasteiger charge is -2.24. The van der Waals surface area contributed by atoms with Crippen LogP contribution in [0.5, 0.6) is 0 Å². The van der Waals surface area contributed by atoms with Crippen LogP contribution in [0.3, 0.4) is 0 Å². The molecule has 1 atom stereocenters. The first kappa shape index (κ1) is 19.9. The number of aromatic nitrogens is 2. The van der Waals surface area contributed by atoms with E-state index in [1.54, 1.807) is 6.92 Å². The molecular formula is C21H14F5N3O. The van der Waals surface area contributed by atoms with Gasteiger partial charge in [-0.2, -0.15) is 22.9 Å². The molecule has 2 aromatic carbocycles. The van der Waals surface area contributed by atoms with E-state index in [0.717, 1.165) is 28.9 Å². The van der Waals surface area contributed by atoms with Gasteiger partial charge in [0.2, 0.25) is 0 Å². The summed E-state index contributed by atoms with van der Waals surface area (Å²) in [6.45, 7) is 1.63. The van der Waals surface area contributed by atoms with Crippen LogP contribution < -0.4 is 5.56 Å². The second kappa shape index (κ2) is 7.16. The van der Waals surface area contributed by atoms with E-state index in [1.807, 2.05) is 0 Å². The van der Waals surface area contributed by atoms with E-state index in [0.29, 0.717) is 11.3 Å². The molecule has 2 heterocycles. The minimum atomic E-state index is -4.47. The molecule has 0 N–H and O–H groups in total. The second-order valence-corrected chi connectivity index (χ2v) is 6.95. The first-order valence-corrected chi connectivity index (χ1v) is 8.94. The van der Waals surface area contributed by atoms with Gasteiger partial charge in [0.15, 0.2) is 0 Å². The lowest BCUT2D eigenvalue weighted by Crippen LogP contribution is -2.30. The molecule has 4 rings (SSSR count). The van der Waals surface area contributed by atoms with Crippen LogP contribution in [-0.2, 0) is 12.6 Å². The zero-order chi connectivity index (χ0) is 21.6. The monoisotopic (exact) mass is 419 g/mol. The molecule has 3 aromatic rings. The van der Waals surface area contributed by atoms with Crippen molar-refractivity contribution in [2.75, 3.05) is 0 Å². The molecule has 154 valence electrons. The molecule has 0 fully saturated rings. The Labute approximate surface area is 167 Å². The number of alkyl halides is 3. The average Bonchev–Trinajstić information content (AvgIpc) is 2.68. The predicted octanol–water partition coefficient (Wildman–Crippen LogP) is 4.77. The number of fused-ring (bicyclic) bond motifs is 1. The molecule has 1 aliphatic heterocycles. The van der Waals surface area contributed by atoms with E-state index in [2.05, 4.69) is 10.1 Å². The molecule has 0 saturated carbocycles. The van der Waals surface area contributed by atoms with E-state index in [9.17, 15) is 26.7 Å². The Morgan fingerprint density at radius 3 is 2.37 bits per heavy atom. The fraction of sp³-hybridized carbons (Fsp3) is 0.190. The van der Waals surface area contributed by atoms with Crippen molar-refractivity contribution in [3.8, 4) is 11.3 Å². The Hall–Kier alpha value is -3.36. The molecule has 30 heavy (non-hydrogen) atoms. The van der Waals surface area contributed by atoms with Crippen LogP contribution in [0, 0.1) is 11.6 Å². The Bertz CT molecular complexity index is 1210. The SMILES string of the molecule is CC1=Nn2c(nc(-c3ccc(C(F)(F)F)cc3)cc2=O)CC1c1ccc(F)cc1F. The molecule has 0 spiro atoms. The second-order valence-electron chi connectivity index (χ2n) is 6.95. The van der Waals surface area contributed by atoms with Gasteiger partial charge in [-0.1, -0.05) is 18.2 Å². The third-order valence-corrected chi connectivity index (χ3v) is 4.96. The number of rotatable bonds is 2. The number of halogens is 5. The van der Waals surface area contributed by atoms with Gasteiger partial charge >= 0.3 is 6.18 Å². The Morgan fingerprint density at radius 2 is 1.73 bits per heavy atom. The number of hydrogen-bond donors (Lipinski definition) is 0. The summed E-state index contributed by atoms with van der Waals surface area (Å²) in [6.07, 6.45) is -4.35. The summed E-state index contributed by atoms with van der Waals surface area (Å²) in [5.74, 6) is -1.76. The molecule has 0 amide bonds. The number of hydrogen-bond acceptors (Lipinski definition) is 3. The normalized spacial score (nSPS) is 16.2. The van der Waals surface area contributed by atoms with Crippen LogP contribution in [0.1, 0.15) is 29.8 Å². The van der Waals surface area contributed by atoms with Crippen molar-refractivity contribution in [1.82, 2.24) is 9.66 Å². The average molecular weight is 419 g/mol. The van der Waals surface area contributed by atoms with Gasteiger partial charge in [0.05, 0.1) is 11.3 Å². The van der Waals surface area contributed by atoms with Crippen LogP contribution in [0.4, 0.5) is 22.0 Å². The van der Waals surface area contributed by atoms with Gasteiger partial charge < -0.3 is 0 Å². The summed E-state index contributed by atoms with van der Waals surface area (Å²) in [5, 5.41) is 4.20. The minimum Gasteiger partial charge on any atom is -0.267 e. The minimum absolute atomic E-state index is 0.127. The summed E-state index contributed by atoms with van der Waals surface area (Å²) in [7, 11) is 0. The predicted molar refractivity (Wildman–Crippen MR) is 100 cm³/mol. The van der Waals surface area contributed by atoms with Crippen LogP contribution in [0.2, 0.25) is 0 Å². The maximum absolute atomic E-state index is 14.3. The largest absolute Gasteiger partial charge is 0.416 e. The molecule has 0 aliphatic carbocycles. The van der Waals surface area contributed by atoms with Crippen LogP contribution in [0.15, 0.2) is 58.4 Å². The van der Waals surface area contributed by atoms with Gasteiger partial charge in [-0.05, 0) is 30.7 Å². The van der Waals surface area contributed by atoms with E-state index < -0.39 is 34.9 Å². The summed E-state index contributed by atoms with van der Waals surface area (Å²) < 4.78 is 66.9. The highest BCUT2D eigenvalue weighted by molar-refractivity contribution is 5.89. The maximum Gasteiger partial charge on any atom is 0.416 e.